The number of hydrogen-bond donors (Lipinski definition) is 3. The standard InChI is InChI=1S/C56H101NO5/c1-4-7-10-13-16-19-22-24-26-28-29-31-33-35-38-41-44-47-52(62-56(61)49-46-43-40-37-21-18-15-12-9-6-3)50-55(60)57-53(51-58)54(59)48-45-42-39-36-34-32-30-27-25-23-20-17-14-11-8-5-2/h7,10,16,19,24,26,29,31,35,38,52-54,58-59H,4-6,8-9,11-15,17-18,20-23,25,27-28,30,32-34,36-37,39-51H2,1-3H3,(H,57,60)/b10-7-,19-16-,26-24-,31-29-,38-35-. The summed E-state index contributed by atoms with van der Waals surface area (Å²) in [5.41, 5.74) is 0. The highest BCUT2D eigenvalue weighted by Gasteiger charge is 2.24. The molecule has 0 bridgehead atoms. The number of aliphatic hydroxyl groups is 2. The molecule has 0 rings (SSSR count). The lowest BCUT2D eigenvalue weighted by Crippen LogP contribution is -2.46. The Balaban J connectivity index is 4.62. The Labute approximate surface area is 384 Å². The van der Waals surface area contributed by atoms with Crippen molar-refractivity contribution in [2.75, 3.05) is 6.61 Å². The van der Waals surface area contributed by atoms with Crippen LogP contribution in [0.1, 0.15) is 258 Å². The van der Waals surface area contributed by atoms with Crippen LogP contribution in [0.5, 0.6) is 0 Å². The van der Waals surface area contributed by atoms with E-state index in [1.165, 1.54) is 128 Å². The number of amides is 1. The Hall–Kier alpha value is -2.44. The van der Waals surface area contributed by atoms with Crippen molar-refractivity contribution in [2.45, 2.75) is 277 Å². The monoisotopic (exact) mass is 868 g/mol. The summed E-state index contributed by atoms with van der Waals surface area (Å²) in [6.45, 7) is 6.35. The van der Waals surface area contributed by atoms with Crippen molar-refractivity contribution in [2.24, 2.45) is 0 Å². The van der Waals surface area contributed by atoms with Crippen molar-refractivity contribution in [1.29, 1.82) is 0 Å². The molecule has 0 fully saturated rings. The zero-order valence-electron chi connectivity index (χ0n) is 41.0. The predicted octanol–water partition coefficient (Wildman–Crippen LogP) is 16.0. The van der Waals surface area contributed by atoms with Gasteiger partial charge in [0, 0.05) is 6.42 Å². The second kappa shape index (κ2) is 49.6. The second-order valence-corrected chi connectivity index (χ2v) is 17.9. The minimum atomic E-state index is -0.803. The first kappa shape index (κ1) is 59.6. The Morgan fingerprint density at radius 1 is 0.484 bits per heavy atom. The zero-order chi connectivity index (χ0) is 45.2. The molecule has 0 saturated carbocycles. The summed E-state index contributed by atoms with van der Waals surface area (Å²) in [6.07, 6.45) is 61.4. The first-order valence-electron chi connectivity index (χ1n) is 26.5. The lowest BCUT2D eigenvalue weighted by Gasteiger charge is -2.24. The third-order valence-corrected chi connectivity index (χ3v) is 11.9. The van der Waals surface area contributed by atoms with Gasteiger partial charge < -0.3 is 20.3 Å². The van der Waals surface area contributed by atoms with Gasteiger partial charge in [0.25, 0.3) is 0 Å². The molecule has 0 aromatic rings. The fourth-order valence-corrected chi connectivity index (χ4v) is 7.87. The minimum Gasteiger partial charge on any atom is -0.462 e. The number of carbonyl (C=O) groups excluding carboxylic acids is 2. The number of unbranched alkanes of at least 4 members (excludes halogenated alkanes) is 25. The van der Waals surface area contributed by atoms with E-state index in [4.69, 9.17) is 4.74 Å². The van der Waals surface area contributed by atoms with E-state index >= 15 is 0 Å². The van der Waals surface area contributed by atoms with Gasteiger partial charge in [-0.2, -0.15) is 0 Å². The van der Waals surface area contributed by atoms with Crippen LogP contribution < -0.4 is 5.32 Å². The molecule has 6 nitrogen and oxygen atoms in total. The minimum absolute atomic E-state index is 0.0394. The number of esters is 1. The Kier molecular flexibility index (Phi) is 47.6. The number of rotatable bonds is 47. The number of ether oxygens (including phenoxy) is 1. The van der Waals surface area contributed by atoms with Gasteiger partial charge in [-0.1, -0.05) is 242 Å². The van der Waals surface area contributed by atoms with Gasteiger partial charge in [0.15, 0.2) is 0 Å². The van der Waals surface area contributed by atoms with Gasteiger partial charge in [-0.15, -0.1) is 0 Å². The Morgan fingerprint density at radius 2 is 0.871 bits per heavy atom. The van der Waals surface area contributed by atoms with Crippen molar-refractivity contribution in [3.05, 3.63) is 60.8 Å². The molecule has 0 aliphatic heterocycles. The van der Waals surface area contributed by atoms with E-state index in [9.17, 15) is 19.8 Å². The number of hydrogen-bond acceptors (Lipinski definition) is 5. The normalized spacial score (nSPS) is 13.7. The van der Waals surface area contributed by atoms with Crippen LogP contribution in [0.2, 0.25) is 0 Å². The van der Waals surface area contributed by atoms with Crippen LogP contribution >= 0.6 is 0 Å². The summed E-state index contributed by atoms with van der Waals surface area (Å²) >= 11 is 0. The molecular weight excluding hydrogens is 767 g/mol. The van der Waals surface area contributed by atoms with Gasteiger partial charge in [0.1, 0.15) is 6.10 Å². The summed E-state index contributed by atoms with van der Waals surface area (Å²) in [6, 6.07) is -0.719. The van der Waals surface area contributed by atoms with Crippen LogP contribution in [0.15, 0.2) is 60.8 Å². The van der Waals surface area contributed by atoms with Crippen molar-refractivity contribution in [3.63, 3.8) is 0 Å². The molecule has 0 aromatic carbocycles. The molecule has 62 heavy (non-hydrogen) atoms. The zero-order valence-corrected chi connectivity index (χ0v) is 41.0. The van der Waals surface area contributed by atoms with Gasteiger partial charge in [-0.3, -0.25) is 9.59 Å². The molecule has 1 amide bonds. The third-order valence-electron chi connectivity index (χ3n) is 11.9. The van der Waals surface area contributed by atoms with Crippen molar-refractivity contribution >= 4 is 11.9 Å². The number of nitrogens with one attached hydrogen (secondary N) is 1. The maximum Gasteiger partial charge on any atom is 0.306 e. The van der Waals surface area contributed by atoms with E-state index in [1.54, 1.807) is 0 Å². The van der Waals surface area contributed by atoms with E-state index < -0.39 is 18.2 Å². The van der Waals surface area contributed by atoms with Crippen LogP contribution in [-0.2, 0) is 14.3 Å². The van der Waals surface area contributed by atoms with Crippen molar-refractivity contribution in [3.8, 4) is 0 Å². The molecule has 3 atom stereocenters. The largest absolute Gasteiger partial charge is 0.462 e. The van der Waals surface area contributed by atoms with E-state index in [-0.39, 0.29) is 24.9 Å². The van der Waals surface area contributed by atoms with Gasteiger partial charge in [-0.05, 0) is 64.2 Å². The molecule has 0 heterocycles. The fraction of sp³-hybridized carbons (Fsp3) is 0.786. The van der Waals surface area contributed by atoms with E-state index in [0.29, 0.717) is 19.3 Å². The molecule has 6 heteroatoms. The van der Waals surface area contributed by atoms with Gasteiger partial charge in [0.05, 0.1) is 25.2 Å². The van der Waals surface area contributed by atoms with Gasteiger partial charge in [-0.25, -0.2) is 0 Å². The van der Waals surface area contributed by atoms with Crippen LogP contribution in [0, 0.1) is 0 Å². The van der Waals surface area contributed by atoms with Crippen LogP contribution in [0.3, 0.4) is 0 Å². The molecule has 0 aliphatic rings. The fourth-order valence-electron chi connectivity index (χ4n) is 7.87. The highest BCUT2D eigenvalue weighted by atomic mass is 16.5. The van der Waals surface area contributed by atoms with Gasteiger partial charge in [0.2, 0.25) is 5.91 Å². The van der Waals surface area contributed by atoms with Crippen LogP contribution in [0.25, 0.3) is 0 Å². The number of carbonyl (C=O) groups is 2. The predicted molar refractivity (Wildman–Crippen MR) is 268 cm³/mol. The number of allylic oxidation sites excluding steroid dienone is 10. The highest BCUT2D eigenvalue weighted by molar-refractivity contribution is 5.77. The van der Waals surface area contributed by atoms with Crippen molar-refractivity contribution in [1.82, 2.24) is 5.32 Å². The lowest BCUT2D eigenvalue weighted by molar-refractivity contribution is -0.151. The molecule has 360 valence electrons. The summed E-state index contributed by atoms with van der Waals surface area (Å²) in [5.74, 6) is -0.527. The summed E-state index contributed by atoms with van der Waals surface area (Å²) in [5, 5.41) is 23.8. The summed E-state index contributed by atoms with van der Waals surface area (Å²) in [4.78, 5) is 26.1. The summed E-state index contributed by atoms with van der Waals surface area (Å²) < 4.78 is 5.90. The highest BCUT2D eigenvalue weighted by Crippen LogP contribution is 2.17. The number of aliphatic hydroxyl groups excluding tert-OH is 2. The SMILES string of the molecule is CC/C=C\C/C=C\C/C=C\C/C=C\C/C=C\CCCC(CC(=O)NC(CO)C(O)CCCCCCCCCCCCCCCCCC)OC(=O)CCCCCCCCCCCC. The molecule has 0 aliphatic carbocycles. The first-order chi connectivity index (χ1) is 30.5. The Morgan fingerprint density at radius 3 is 1.29 bits per heavy atom. The lowest BCUT2D eigenvalue weighted by atomic mass is 10.0. The van der Waals surface area contributed by atoms with Crippen LogP contribution in [-0.4, -0.2) is 46.9 Å². The average molecular weight is 868 g/mol. The summed E-state index contributed by atoms with van der Waals surface area (Å²) in [7, 11) is 0. The molecule has 0 spiro atoms. The topological polar surface area (TPSA) is 95.9 Å². The van der Waals surface area contributed by atoms with E-state index in [1.807, 2.05) is 0 Å². The van der Waals surface area contributed by atoms with Gasteiger partial charge >= 0.3 is 5.97 Å². The second-order valence-electron chi connectivity index (χ2n) is 17.9. The molecule has 3 unspecified atom stereocenters. The third kappa shape index (κ3) is 44.2. The molecule has 0 saturated heterocycles. The Bertz CT molecular complexity index is 1110. The van der Waals surface area contributed by atoms with Crippen LogP contribution in [0.4, 0.5) is 0 Å². The molecule has 0 radical (unpaired) electrons. The van der Waals surface area contributed by atoms with E-state index in [2.05, 4.69) is 86.8 Å². The maximum absolute atomic E-state index is 13.2. The average Bonchev–Trinajstić information content (AvgIpc) is 3.26. The van der Waals surface area contributed by atoms with Crippen molar-refractivity contribution < 1.29 is 24.5 Å². The molecular formula is C56H101NO5. The smallest absolute Gasteiger partial charge is 0.306 e. The molecule has 0 aromatic heterocycles. The first-order valence-corrected chi connectivity index (χ1v) is 26.5. The van der Waals surface area contributed by atoms with E-state index in [0.717, 1.165) is 83.5 Å². The quantitative estimate of drug-likeness (QED) is 0.0322. The molecule has 3 N–H and O–H groups in total. The maximum atomic E-state index is 13.2.